The van der Waals surface area contributed by atoms with E-state index >= 15 is 0 Å². The third kappa shape index (κ3) is 1.30. The Morgan fingerprint density at radius 2 is 1.25 bits per heavy atom. The van der Waals surface area contributed by atoms with Gasteiger partial charge in [0.15, 0.2) is 0 Å². The molecule has 0 bridgehead atoms. The summed E-state index contributed by atoms with van der Waals surface area (Å²) in [4.78, 5) is 0. The summed E-state index contributed by atoms with van der Waals surface area (Å²) in [7, 11) is 0. The highest BCUT2D eigenvalue weighted by atomic mass is 14.6. The summed E-state index contributed by atoms with van der Waals surface area (Å²) in [5.74, 6) is 0. The highest BCUT2D eigenvalue weighted by Crippen LogP contribution is 2.64. The first-order valence-electron chi connectivity index (χ1n) is 5.66. The number of hydrogen-bond acceptors (Lipinski definition) is 0. The first-order chi connectivity index (χ1) is 5.66. The van der Waals surface area contributed by atoms with Gasteiger partial charge in [0.1, 0.15) is 0 Å². The molecule has 2 aliphatic rings. The van der Waals surface area contributed by atoms with E-state index in [4.69, 9.17) is 0 Å². The van der Waals surface area contributed by atoms with Gasteiger partial charge in [-0.2, -0.15) is 0 Å². The standard InChI is InChI=1S/C10H18.C2H6/c1-9(2)7-8-10(9)5-3-4-6-10;1-2/h3-8H2,1-2H3;1-2H3. The minimum Gasteiger partial charge on any atom is -0.0683 e. The molecule has 0 unspecified atom stereocenters. The van der Waals surface area contributed by atoms with Gasteiger partial charge in [-0.15, -0.1) is 0 Å². The SMILES string of the molecule is CC.CC1(C)CCC12CCCC2. The Kier molecular flexibility index (Phi) is 2.85. The maximum absolute atomic E-state index is 2.46. The van der Waals surface area contributed by atoms with Gasteiger partial charge in [-0.3, -0.25) is 0 Å². The second-order valence-electron chi connectivity index (χ2n) is 4.87. The summed E-state index contributed by atoms with van der Waals surface area (Å²) in [6.45, 7) is 8.92. The molecule has 0 amide bonds. The van der Waals surface area contributed by atoms with Gasteiger partial charge in [-0.25, -0.2) is 0 Å². The van der Waals surface area contributed by atoms with Crippen molar-refractivity contribution in [2.24, 2.45) is 10.8 Å². The van der Waals surface area contributed by atoms with Crippen LogP contribution in [0.1, 0.15) is 66.2 Å². The van der Waals surface area contributed by atoms with Crippen LogP contribution in [0.25, 0.3) is 0 Å². The van der Waals surface area contributed by atoms with Gasteiger partial charge in [-0.05, 0) is 36.5 Å². The lowest BCUT2D eigenvalue weighted by Crippen LogP contribution is -2.45. The Morgan fingerprint density at radius 3 is 1.42 bits per heavy atom. The lowest BCUT2D eigenvalue weighted by atomic mass is 9.50. The molecule has 2 aliphatic carbocycles. The van der Waals surface area contributed by atoms with Gasteiger partial charge < -0.3 is 0 Å². The Bertz CT molecular complexity index is 138. The molecule has 0 saturated heterocycles. The van der Waals surface area contributed by atoms with Crippen LogP contribution in [-0.4, -0.2) is 0 Å². The monoisotopic (exact) mass is 168 g/mol. The minimum atomic E-state index is 0.698. The van der Waals surface area contributed by atoms with E-state index < -0.39 is 0 Å². The summed E-state index contributed by atoms with van der Waals surface area (Å²) in [5, 5.41) is 0. The smallest absolute Gasteiger partial charge is 0.0246 e. The van der Waals surface area contributed by atoms with Crippen LogP contribution >= 0.6 is 0 Å². The fourth-order valence-corrected chi connectivity index (χ4v) is 2.96. The predicted molar refractivity (Wildman–Crippen MR) is 55.3 cm³/mol. The quantitative estimate of drug-likeness (QED) is 0.503. The van der Waals surface area contributed by atoms with E-state index in [9.17, 15) is 0 Å². The van der Waals surface area contributed by atoms with Crippen LogP contribution in [0, 0.1) is 10.8 Å². The minimum absolute atomic E-state index is 0.698. The maximum atomic E-state index is 2.46. The highest BCUT2D eigenvalue weighted by Gasteiger charge is 2.53. The van der Waals surface area contributed by atoms with Crippen molar-refractivity contribution in [2.75, 3.05) is 0 Å². The molecule has 1 spiro atoms. The van der Waals surface area contributed by atoms with Crippen molar-refractivity contribution in [1.82, 2.24) is 0 Å². The molecular formula is C12H24. The molecule has 0 aromatic heterocycles. The zero-order chi connectivity index (χ0) is 9.24. The molecule has 12 heavy (non-hydrogen) atoms. The number of hydrogen-bond donors (Lipinski definition) is 0. The average Bonchev–Trinajstić information content (AvgIpc) is 2.57. The van der Waals surface area contributed by atoms with Crippen LogP contribution in [0.3, 0.4) is 0 Å². The molecular weight excluding hydrogens is 144 g/mol. The largest absolute Gasteiger partial charge is 0.0683 e. The molecule has 0 aromatic rings. The van der Waals surface area contributed by atoms with Crippen LogP contribution < -0.4 is 0 Å². The molecule has 2 saturated carbocycles. The second-order valence-corrected chi connectivity index (χ2v) is 4.87. The van der Waals surface area contributed by atoms with Crippen molar-refractivity contribution < 1.29 is 0 Å². The van der Waals surface area contributed by atoms with Crippen LogP contribution in [0.4, 0.5) is 0 Å². The maximum Gasteiger partial charge on any atom is -0.0246 e. The van der Waals surface area contributed by atoms with Crippen LogP contribution in [0.5, 0.6) is 0 Å². The molecule has 0 heteroatoms. The topological polar surface area (TPSA) is 0 Å². The van der Waals surface area contributed by atoms with Crippen LogP contribution in [-0.2, 0) is 0 Å². The van der Waals surface area contributed by atoms with Gasteiger partial charge in [-0.1, -0.05) is 40.5 Å². The van der Waals surface area contributed by atoms with Crippen molar-refractivity contribution >= 4 is 0 Å². The second kappa shape index (κ2) is 3.40. The molecule has 0 radical (unpaired) electrons. The van der Waals surface area contributed by atoms with Gasteiger partial charge in [0.2, 0.25) is 0 Å². The summed E-state index contributed by atoms with van der Waals surface area (Å²) in [5.41, 5.74) is 1.51. The van der Waals surface area contributed by atoms with Gasteiger partial charge >= 0.3 is 0 Å². The Labute approximate surface area is 77.7 Å². The Morgan fingerprint density at radius 1 is 0.750 bits per heavy atom. The van der Waals surface area contributed by atoms with E-state index in [1.54, 1.807) is 0 Å². The lowest BCUT2D eigenvalue weighted by Gasteiger charge is -2.55. The lowest BCUT2D eigenvalue weighted by molar-refractivity contribution is -0.0450. The molecule has 0 atom stereocenters. The zero-order valence-corrected chi connectivity index (χ0v) is 9.24. The average molecular weight is 168 g/mol. The Balaban J connectivity index is 0.000000336. The molecule has 0 aliphatic heterocycles. The first-order valence-corrected chi connectivity index (χ1v) is 5.66. The molecule has 0 heterocycles. The number of rotatable bonds is 0. The normalized spacial score (nSPS) is 29.0. The molecule has 0 nitrogen and oxygen atoms in total. The van der Waals surface area contributed by atoms with Crippen molar-refractivity contribution in [2.45, 2.75) is 66.2 Å². The predicted octanol–water partition coefficient (Wildman–Crippen LogP) is 4.39. The van der Waals surface area contributed by atoms with Crippen molar-refractivity contribution in [1.29, 1.82) is 0 Å². The van der Waals surface area contributed by atoms with E-state index in [0.717, 1.165) is 5.41 Å². The molecule has 0 N–H and O–H groups in total. The summed E-state index contributed by atoms with van der Waals surface area (Å²) >= 11 is 0. The van der Waals surface area contributed by atoms with E-state index in [-0.39, 0.29) is 0 Å². The molecule has 0 aromatic carbocycles. The van der Waals surface area contributed by atoms with E-state index in [2.05, 4.69) is 13.8 Å². The van der Waals surface area contributed by atoms with Crippen LogP contribution in [0.2, 0.25) is 0 Å². The van der Waals surface area contributed by atoms with E-state index in [0.29, 0.717) is 5.41 Å². The van der Waals surface area contributed by atoms with Crippen molar-refractivity contribution in [3.8, 4) is 0 Å². The third-order valence-electron chi connectivity index (χ3n) is 4.22. The van der Waals surface area contributed by atoms with E-state index in [1.165, 1.54) is 38.5 Å². The van der Waals surface area contributed by atoms with Crippen LogP contribution in [0.15, 0.2) is 0 Å². The highest BCUT2D eigenvalue weighted by molar-refractivity contribution is 5.03. The molecule has 72 valence electrons. The van der Waals surface area contributed by atoms with Crippen molar-refractivity contribution in [3.63, 3.8) is 0 Å². The summed E-state index contributed by atoms with van der Waals surface area (Å²) in [6.07, 6.45) is 9.07. The van der Waals surface area contributed by atoms with E-state index in [1.807, 2.05) is 13.8 Å². The first kappa shape index (κ1) is 10.1. The fourth-order valence-electron chi connectivity index (χ4n) is 2.96. The Hall–Kier alpha value is 0. The fraction of sp³-hybridized carbons (Fsp3) is 1.00. The van der Waals surface area contributed by atoms with Gasteiger partial charge in [0, 0.05) is 0 Å². The van der Waals surface area contributed by atoms with Crippen molar-refractivity contribution in [3.05, 3.63) is 0 Å². The van der Waals surface area contributed by atoms with Gasteiger partial charge in [0.25, 0.3) is 0 Å². The summed E-state index contributed by atoms with van der Waals surface area (Å²) < 4.78 is 0. The molecule has 2 rings (SSSR count). The zero-order valence-electron chi connectivity index (χ0n) is 9.24. The summed E-state index contributed by atoms with van der Waals surface area (Å²) in [6, 6.07) is 0. The molecule has 2 fully saturated rings. The van der Waals surface area contributed by atoms with Gasteiger partial charge in [0.05, 0.1) is 0 Å². The third-order valence-corrected chi connectivity index (χ3v) is 4.22.